The summed E-state index contributed by atoms with van der Waals surface area (Å²) in [5.41, 5.74) is 14.1. The molecule has 1 aromatic carbocycles. The van der Waals surface area contributed by atoms with E-state index in [2.05, 4.69) is 19.1 Å². The molecule has 1 aliphatic rings. The largest absolute Gasteiger partial charge is 0.399 e. The molecule has 70 valence electrons. The van der Waals surface area contributed by atoms with E-state index in [0.29, 0.717) is 0 Å². The highest BCUT2D eigenvalue weighted by Gasteiger charge is 2.47. The van der Waals surface area contributed by atoms with Gasteiger partial charge < -0.3 is 11.5 Å². The van der Waals surface area contributed by atoms with E-state index in [1.54, 1.807) is 0 Å². The molecule has 1 saturated carbocycles. The molecule has 1 fully saturated rings. The Labute approximate surface area is 78.9 Å². The van der Waals surface area contributed by atoms with E-state index in [0.717, 1.165) is 5.69 Å². The SMILES string of the molecule is CC(N)C1(c2cccc(N)c2)CC1. The molecule has 0 radical (unpaired) electrons. The van der Waals surface area contributed by atoms with E-state index < -0.39 is 0 Å². The summed E-state index contributed by atoms with van der Waals surface area (Å²) in [6.45, 7) is 2.08. The highest BCUT2D eigenvalue weighted by atomic mass is 14.7. The molecule has 0 amide bonds. The summed E-state index contributed by atoms with van der Waals surface area (Å²) < 4.78 is 0. The molecular formula is C11H16N2. The zero-order valence-corrected chi connectivity index (χ0v) is 7.96. The number of nitrogens with two attached hydrogens (primary N) is 2. The van der Waals surface area contributed by atoms with Gasteiger partial charge in [0.15, 0.2) is 0 Å². The second-order valence-electron chi connectivity index (χ2n) is 4.07. The van der Waals surface area contributed by atoms with Crippen molar-refractivity contribution in [2.75, 3.05) is 5.73 Å². The standard InChI is InChI=1S/C11H16N2/c1-8(12)11(5-6-11)9-3-2-4-10(13)7-9/h2-4,7-8H,5-6,12-13H2,1H3. The van der Waals surface area contributed by atoms with Gasteiger partial charge in [-0.25, -0.2) is 0 Å². The lowest BCUT2D eigenvalue weighted by atomic mass is 9.89. The smallest absolute Gasteiger partial charge is 0.0316 e. The maximum Gasteiger partial charge on any atom is 0.0316 e. The number of anilines is 1. The van der Waals surface area contributed by atoms with Crippen LogP contribution in [0.3, 0.4) is 0 Å². The molecule has 2 heteroatoms. The van der Waals surface area contributed by atoms with Crippen LogP contribution in [0.1, 0.15) is 25.3 Å². The van der Waals surface area contributed by atoms with Crippen molar-refractivity contribution in [1.29, 1.82) is 0 Å². The fourth-order valence-electron chi connectivity index (χ4n) is 1.99. The van der Waals surface area contributed by atoms with Crippen LogP contribution < -0.4 is 11.5 Å². The molecule has 1 aromatic rings. The van der Waals surface area contributed by atoms with Crippen molar-refractivity contribution < 1.29 is 0 Å². The number of hydrogen-bond acceptors (Lipinski definition) is 2. The second kappa shape index (κ2) is 2.74. The molecule has 0 saturated heterocycles. The highest BCUT2D eigenvalue weighted by Crippen LogP contribution is 2.50. The van der Waals surface area contributed by atoms with Crippen LogP contribution in [0.15, 0.2) is 24.3 Å². The molecule has 0 spiro atoms. The molecule has 1 unspecified atom stereocenters. The molecule has 0 aliphatic heterocycles. The lowest BCUT2D eigenvalue weighted by Crippen LogP contribution is -2.31. The average molecular weight is 176 g/mol. The summed E-state index contributed by atoms with van der Waals surface area (Å²) in [5.74, 6) is 0. The van der Waals surface area contributed by atoms with Crippen molar-refractivity contribution in [3.05, 3.63) is 29.8 Å². The molecular weight excluding hydrogens is 160 g/mol. The van der Waals surface area contributed by atoms with Crippen molar-refractivity contribution in [1.82, 2.24) is 0 Å². The van der Waals surface area contributed by atoms with Crippen LogP contribution >= 0.6 is 0 Å². The van der Waals surface area contributed by atoms with Crippen LogP contribution in [-0.2, 0) is 5.41 Å². The van der Waals surface area contributed by atoms with Crippen LogP contribution in [0.2, 0.25) is 0 Å². The van der Waals surface area contributed by atoms with E-state index in [-0.39, 0.29) is 11.5 Å². The van der Waals surface area contributed by atoms with Gasteiger partial charge in [0, 0.05) is 17.1 Å². The zero-order chi connectivity index (χ0) is 9.47. The Morgan fingerprint density at radius 2 is 2.08 bits per heavy atom. The minimum Gasteiger partial charge on any atom is -0.399 e. The lowest BCUT2D eigenvalue weighted by Gasteiger charge is -2.20. The minimum absolute atomic E-state index is 0.231. The highest BCUT2D eigenvalue weighted by molar-refractivity contribution is 5.46. The van der Waals surface area contributed by atoms with Gasteiger partial charge in [0.1, 0.15) is 0 Å². The summed E-state index contributed by atoms with van der Waals surface area (Å²) in [7, 11) is 0. The maximum atomic E-state index is 5.97. The number of hydrogen-bond donors (Lipinski definition) is 2. The Morgan fingerprint density at radius 3 is 2.54 bits per heavy atom. The van der Waals surface area contributed by atoms with Crippen LogP contribution in [-0.4, -0.2) is 6.04 Å². The molecule has 0 heterocycles. The van der Waals surface area contributed by atoms with Crippen LogP contribution in [0.25, 0.3) is 0 Å². The van der Waals surface area contributed by atoms with Gasteiger partial charge in [0.05, 0.1) is 0 Å². The van der Waals surface area contributed by atoms with E-state index in [4.69, 9.17) is 11.5 Å². The third-order valence-electron chi connectivity index (χ3n) is 3.12. The molecule has 2 nitrogen and oxygen atoms in total. The Morgan fingerprint density at radius 1 is 1.38 bits per heavy atom. The normalized spacial score (nSPS) is 21.1. The molecule has 2 rings (SSSR count). The van der Waals surface area contributed by atoms with E-state index in [1.807, 2.05) is 12.1 Å². The summed E-state index contributed by atoms with van der Waals surface area (Å²) >= 11 is 0. The van der Waals surface area contributed by atoms with E-state index >= 15 is 0 Å². The Hall–Kier alpha value is -1.02. The van der Waals surface area contributed by atoms with Crippen molar-refractivity contribution in [2.45, 2.75) is 31.2 Å². The summed E-state index contributed by atoms with van der Waals surface area (Å²) in [6, 6.07) is 8.34. The van der Waals surface area contributed by atoms with E-state index in [1.165, 1.54) is 18.4 Å². The Kier molecular flexibility index (Phi) is 1.81. The molecule has 13 heavy (non-hydrogen) atoms. The summed E-state index contributed by atoms with van der Waals surface area (Å²) in [4.78, 5) is 0. The van der Waals surface area contributed by atoms with Crippen molar-refractivity contribution in [3.8, 4) is 0 Å². The third kappa shape index (κ3) is 1.31. The maximum absolute atomic E-state index is 5.97. The van der Waals surface area contributed by atoms with Gasteiger partial charge in [-0.3, -0.25) is 0 Å². The predicted octanol–water partition coefficient (Wildman–Crippen LogP) is 1.65. The van der Waals surface area contributed by atoms with E-state index in [9.17, 15) is 0 Å². The first-order valence-electron chi connectivity index (χ1n) is 4.77. The van der Waals surface area contributed by atoms with Crippen LogP contribution in [0.5, 0.6) is 0 Å². The van der Waals surface area contributed by atoms with Crippen molar-refractivity contribution in [2.24, 2.45) is 5.73 Å². The first-order valence-corrected chi connectivity index (χ1v) is 4.77. The van der Waals surface area contributed by atoms with Crippen LogP contribution in [0.4, 0.5) is 5.69 Å². The topological polar surface area (TPSA) is 52.0 Å². The third-order valence-corrected chi connectivity index (χ3v) is 3.12. The summed E-state index contributed by atoms with van der Waals surface area (Å²) in [6.07, 6.45) is 2.41. The summed E-state index contributed by atoms with van der Waals surface area (Å²) in [5, 5.41) is 0. The first kappa shape index (κ1) is 8.57. The minimum atomic E-state index is 0.231. The second-order valence-corrected chi connectivity index (χ2v) is 4.07. The molecule has 1 aliphatic carbocycles. The quantitative estimate of drug-likeness (QED) is 0.673. The zero-order valence-electron chi connectivity index (χ0n) is 7.96. The van der Waals surface area contributed by atoms with Crippen molar-refractivity contribution >= 4 is 5.69 Å². The average Bonchev–Trinajstić information content (AvgIpc) is 2.83. The van der Waals surface area contributed by atoms with Crippen molar-refractivity contribution in [3.63, 3.8) is 0 Å². The van der Waals surface area contributed by atoms with Gasteiger partial charge in [-0.2, -0.15) is 0 Å². The van der Waals surface area contributed by atoms with Gasteiger partial charge in [-0.1, -0.05) is 12.1 Å². The number of benzene rings is 1. The fraction of sp³-hybridized carbons (Fsp3) is 0.455. The first-order chi connectivity index (χ1) is 6.15. The molecule has 1 atom stereocenters. The molecule has 0 aromatic heterocycles. The van der Waals surface area contributed by atoms with Crippen LogP contribution in [0, 0.1) is 0 Å². The monoisotopic (exact) mass is 176 g/mol. The molecule has 4 N–H and O–H groups in total. The van der Waals surface area contributed by atoms with Gasteiger partial charge >= 0.3 is 0 Å². The Bertz CT molecular complexity index is 314. The predicted molar refractivity (Wildman–Crippen MR) is 55.4 cm³/mol. The molecule has 0 bridgehead atoms. The van der Waals surface area contributed by atoms with Gasteiger partial charge in [-0.05, 0) is 37.5 Å². The lowest BCUT2D eigenvalue weighted by molar-refractivity contribution is 0.557. The van der Waals surface area contributed by atoms with Gasteiger partial charge in [0.2, 0.25) is 0 Å². The fourth-order valence-corrected chi connectivity index (χ4v) is 1.99. The van der Waals surface area contributed by atoms with Gasteiger partial charge in [-0.15, -0.1) is 0 Å². The number of rotatable bonds is 2. The Balaban J connectivity index is 2.35. The van der Waals surface area contributed by atoms with Gasteiger partial charge in [0.25, 0.3) is 0 Å². The number of nitrogen functional groups attached to an aromatic ring is 1.